The number of rotatable bonds is 40. The molecule has 1 fully saturated rings. The number of pyridine rings is 1. The highest BCUT2D eigenvalue weighted by Gasteiger charge is 2.44. The predicted octanol–water partition coefficient (Wildman–Crippen LogP) is 8.13. The van der Waals surface area contributed by atoms with Crippen LogP contribution in [0.5, 0.6) is 0 Å². The Bertz CT molecular complexity index is 3440. The lowest BCUT2D eigenvalue weighted by molar-refractivity contribution is -0.148. The molecule has 4 aromatic rings. The first-order valence-corrected chi connectivity index (χ1v) is 35.3. The van der Waals surface area contributed by atoms with Crippen molar-refractivity contribution >= 4 is 87.9 Å². The van der Waals surface area contributed by atoms with Crippen molar-refractivity contribution in [2.75, 3.05) is 52.0 Å². The zero-order valence-corrected chi connectivity index (χ0v) is 61.4. The van der Waals surface area contributed by atoms with Crippen LogP contribution < -0.4 is 37.6 Å². The van der Waals surface area contributed by atoms with Gasteiger partial charge in [0.1, 0.15) is 29.5 Å². The largest absolute Gasteiger partial charge is 0.445 e. The molecule has 550 valence electrons. The molecule has 10 amide bonds. The molecule has 3 heterocycles. The van der Waals surface area contributed by atoms with Crippen LogP contribution in [0.15, 0.2) is 104 Å². The Kier molecular flexibility index (Phi) is 32.9. The molecule has 1 aliphatic rings. The van der Waals surface area contributed by atoms with E-state index in [9.17, 15) is 52.7 Å². The first kappa shape index (κ1) is 82.5. The van der Waals surface area contributed by atoms with E-state index in [1.54, 1.807) is 96.0 Å². The topological polar surface area (TPSA) is 349 Å². The van der Waals surface area contributed by atoms with Gasteiger partial charge in [0.05, 0.1) is 60.8 Å². The summed E-state index contributed by atoms with van der Waals surface area (Å²) in [6.45, 7) is 23.6. The highest BCUT2D eigenvalue weighted by molar-refractivity contribution is 7.09. The molecule has 0 unspecified atom stereocenters. The number of benzene rings is 2. The predicted molar refractivity (Wildman–Crippen MR) is 386 cm³/mol. The van der Waals surface area contributed by atoms with Gasteiger partial charge in [0.25, 0.3) is 5.91 Å². The Balaban J connectivity index is 1.22. The first-order chi connectivity index (χ1) is 48.0. The molecule has 0 bridgehead atoms. The fourth-order valence-corrected chi connectivity index (χ4v) is 13.3. The van der Waals surface area contributed by atoms with Gasteiger partial charge in [0.15, 0.2) is 11.6 Å². The van der Waals surface area contributed by atoms with Gasteiger partial charge in [-0.3, -0.25) is 48.1 Å². The maximum atomic E-state index is 14.9. The van der Waals surface area contributed by atoms with Gasteiger partial charge in [0, 0.05) is 76.6 Å². The fourth-order valence-electron chi connectivity index (χ4n) is 12.7. The molecular formula is C74H104N12O14S. The quantitative estimate of drug-likeness (QED) is 0.0163. The van der Waals surface area contributed by atoms with E-state index in [1.807, 2.05) is 56.5 Å². The maximum absolute atomic E-state index is 14.9. The number of hydrogen-bond acceptors (Lipinski definition) is 17. The minimum Gasteiger partial charge on any atom is -0.445 e. The van der Waals surface area contributed by atoms with E-state index in [0.717, 1.165) is 22.7 Å². The van der Waals surface area contributed by atoms with Crippen molar-refractivity contribution in [2.24, 2.45) is 41.2 Å². The second-order valence-electron chi connectivity index (χ2n) is 26.8. The number of methoxy groups -OCH3 is 2. The van der Waals surface area contributed by atoms with Crippen molar-refractivity contribution in [1.29, 1.82) is 0 Å². The molecule has 26 nitrogen and oxygen atoms in total. The lowest BCUT2D eigenvalue weighted by Gasteiger charge is -2.41. The highest BCUT2D eigenvalue weighted by atomic mass is 32.1. The molecule has 11 atom stereocenters. The number of urea groups is 1. The highest BCUT2D eigenvalue weighted by Crippen LogP contribution is 2.32. The summed E-state index contributed by atoms with van der Waals surface area (Å²) < 4.78 is 17.9. The average molecular weight is 1420 g/mol. The molecular weight excluding hydrogens is 1310 g/mol. The molecule has 8 N–H and O–H groups in total. The number of likely N-dealkylation sites (tertiary alicyclic amines) is 1. The number of nitrogens with zero attached hydrogens (tertiary/aromatic N) is 5. The zero-order valence-electron chi connectivity index (χ0n) is 60.6. The number of primary amides is 1. The summed E-state index contributed by atoms with van der Waals surface area (Å²) in [5.74, 6) is -7.34. The number of carbonyl (C=O) groups excluding carboxylic acids is 11. The Morgan fingerprint density at radius 1 is 0.772 bits per heavy atom. The number of thiazole rings is 1. The Hall–Kier alpha value is -9.21. The van der Waals surface area contributed by atoms with Crippen LogP contribution in [0.25, 0.3) is 0 Å². The Labute approximate surface area is 597 Å². The van der Waals surface area contributed by atoms with Gasteiger partial charge in [-0.05, 0) is 103 Å². The smallest absolute Gasteiger partial charge is 0.410 e. The van der Waals surface area contributed by atoms with Crippen molar-refractivity contribution in [3.63, 3.8) is 0 Å². The van der Waals surface area contributed by atoms with Crippen LogP contribution in [0.3, 0.4) is 0 Å². The Morgan fingerprint density at radius 3 is 2.04 bits per heavy atom. The molecule has 0 saturated carbocycles. The molecule has 1 saturated heterocycles. The fraction of sp³-hybridized carbons (Fsp3) is 0.527. The Morgan fingerprint density at radius 2 is 1.46 bits per heavy atom. The number of hydrogen-bond donors (Lipinski definition) is 7. The summed E-state index contributed by atoms with van der Waals surface area (Å²) in [5.41, 5.74) is 7.33. The third kappa shape index (κ3) is 24.3. The average Bonchev–Trinajstić information content (AvgIpc) is 1.80. The second kappa shape index (κ2) is 40.3. The standard InChI is InChI=1S/C74H104N12O14S/c1-16-46(10)65(58(98-14)41-61(90)86-34-23-27-56(86)66(99-15)47(11)67(91)80-55(71-76-33-35-101-71)36-48-24-20-19-21-25-48)84(12)72(95)63(44(6)7)83-70(94)64(45(8)9)85(13)74(97)100-42-49-28-30-52(31-29-49)79-68(92)50(26-22-32-77-73(75)96)38-57(88)62(43(4)5)82-69(93)51-37-53(40-54(87)17-2)78-59(39-51)81-60(89)18-3/h17-21,24-25,28-31,33,35,37,39,43-47,50,55-56,58,62-66H,2-3,16,22-23,26-27,32,34,36,38,40-42H2,1,4-15H3,(H,79,92)(H,80,91)(H,82,93)(H,83,94)(H3,75,77,96)(H,78,81,89)/t46-,47+,50+,55-,56-,58+,62-,63-,64-,65-,66+/m0/s1. The number of Topliss-reactive ketones (excluding diaryl/α,β-unsaturated/α-hetero) is 1. The normalized spacial score (nSPS) is 15.8. The minimum atomic E-state index is -1.10. The molecule has 5 rings (SSSR count). The van der Waals surface area contributed by atoms with Gasteiger partial charge in [-0.25, -0.2) is 19.6 Å². The number of allylic oxidation sites excluding steroid dienone is 1. The van der Waals surface area contributed by atoms with Crippen LogP contribution in [-0.4, -0.2) is 174 Å². The number of nitrogens with two attached hydrogens (primary N) is 1. The SMILES string of the molecule is C=CC(=O)Cc1cc(C(=O)N[C@H](C(=O)C[C@@H](CCCNC(N)=O)C(=O)Nc2ccc(COC(=O)N(C)[C@H](C(=O)N[C@H](C(=O)N(C)[C@@H]([C@@H](C)CC)[C@@H](CC(=O)N3CCC[C@H]3[C@H](OC)[C@@H](C)C(=O)N[C@@H](Cc3ccccc3)c3nccs3)OC)C(C)C)C(C)C)cc2)C(C)C)cc(NC(=O)C=C)n1. The molecule has 101 heavy (non-hydrogen) atoms. The van der Waals surface area contributed by atoms with Gasteiger partial charge in [-0.2, -0.15) is 0 Å². The molecule has 0 radical (unpaired) electrons. The van der Waals surface area contributed by atoms with Crippen LogP contribution in [0.4, 0.5) is 21.1 Å². The molecule has 2 aromatic carbocycles. The van der Waals surface area contributed by atoms with E-state index < -0.39 is 125 Å². The number of carbonyl (C=O) groups is 11. The van der Waals surface area contributed by atoms with Crippen LogP contribution in [0, 0.1) is 35.5 Å². The summed E-state index contributed by atoms with van der Waals surface area (Å²) in [4.78, 5) is 163. The zero-order chi connectivity index (χ0) is 74.8. The molecule has 1 aliphatic heterocycles. The number of ketones is 2. The first-order valence-electron chi connectivity index (χ1n) is 34.4. The third-order valence-corrected chi connectivity index (χ3v) is 19.2. The van der Waals surface area contributed by atoms with E-state index in [0.29, 0.717) is 43.5 Å². The molecule has 0 aliphatic carbocycles. The summed E-state index contributed by atoms with van der Waals surface area (Å²) in [6.07, 6.45) is 3.80. The third-order valence-electron chi connectivity index (χ3n) is 18.3. The van der Waals surface area contributed by atoms with Crippen LogP contribution in [-0.2, 0) is 72.0 Å². The van der Waals surface area contributed by atoms with Gasteiger partial charge in [-0.1, -0.05) is 124 Å². The molecule has 27 heteroatoms. The van der Waals surface area contributed by atoms with Crippen LogP contribution in [0.2, 0.25) is 0 Å². The van der Waals surface area contributed by atoms with Gasteiger partial charge < -0.3 is 61.6 Å². The number of amides is 10. The monoisotopic (exact) mass is 1420 g/mol. The van der Waals surface area contributed by atoms with Gasteiger partial charge in [-0.15, -0.1) is 11.3 Å². The van der Waals surface area contributed by atoms with E-state index in [2.05, 4.69) is 55.0 Å². The summed E-state index contributed by atoms with van der Waals surface area (Å²) in [5, 5.41) is 19.4. The van der Waals surface area contributed by atoms with E-state index in [4.69, 9.17) is 19.9 Å². The van der Waals surface area contributed by atoms with E-state index >= 15 is 0 Å². The number of likely N-dealkylation sites (N-methyl/N-ethyl adjacent to an activating group) is 2. The summed E-state index contributed by atoms with van der Waals surface area (Å²) in [7, 11) is 6.14. The van der Waals surface area contributed by atoms with Crippen molar-refractivity contribution in [3.8, 4) is 0 Å². The van der Waals surface area contributed by atoms with Crippen molar-refractivity contribution in [1.82, 2.24) is 45.9 Å². The maximum Gasteiger partial charge on any atom is 0.410 e. The minimum absolute atomic E-state index is 0.00499. The van der Waals surface area contributed by atoms with E-state index in [1.165, 1.54) is 42.5 Å². The summed E-state index contributed by atoms with van der Waals surface area (Å²) in [6, 6.07) is 13.5. The number of anilines is 2. The second-order valence-corrected chi connectivity index (χ2v) is 27.7. The lowest BCUT2D eigenvalue weighted by Crippen LogP contribution is -2.60. The van der Waals surface area contributed by atoms with Crippen molar-refractivity contribution in [3.05, 3.63) is 131 Å². The van der Waals surface area contributed by atoms with Gasteiger partial charge in [0.2, 0.25) is 35.4 Å². The van der Waals surface area contributed by atoms with Crippen molar-refractivity contribution < 1.29 is 67.0 Å². The summed E-state index contributed by atoms with van der Waals surface area (Å²) >= 11 is 1.47. The van der Waals surface area contributed by atoms with Crippen LogP contribution >= 0.6 is 11.3 Å². The van der Waals surface area contributed by atoms with E-state index in [-0.39, 0.29) is 86.1 Å². The number of ether oxygens (including phenoxy) is 3. The lowest BCUT2D eigenvalue weighted by atomic mass is 9.89. The number of nitrogens with one attached hydrogen (secondary N) is 6. The number of aromatic nitrogens is 2. The molecule has 0 spiro atoms. The van der Waals surface area contributed by atoms with Crippen molar-refractivity contribution in [2.45, 2.75) is 175 Å². The van der Waals surface area contributed by atoms with Gasteiger partial charge >= 0.3 is 12.1 Å². The van der Waals surface area contributed by atoms with Crippen LogP contribution in [0.1, 0.15) is 145 Å². The molecule has 2 aromatic heterocycles.